The first-order chi connectivity index (χ1) is 7.89. The molecule has 4 heteroatoms. The second-order valence-corrected chi connectivity index (χ2v) is 6.60. The van der Waals surface area contributed by atoms with Crippen molar-refractivity contribution in [3.8, 4) is 0 Å². The van der Waals surface area contributed by atoms with E-state index in [0.717, 1.165) is 28.8 Å². The Morgan fingerprint density at radius 1 is 1.29 bits per heavy atom. The monoisotopic (exact) mass is 254 g/mol. The maximum Gasteiger partial charge on any atom is 0.185 e. The van der Waals surface area contributed by atoms with Crippen LogP contribution < -0.4 is 4.90 Å². The molecule has 1 N–H and O–H groups in total. The highest BCUT2D eigenvalue weighted by atomic mass is 32.1. The standard InChI is InChI=1S/C13H22N2OS/c1-9(2)10-11(13(3,4)16)17-12(14-10)15-7-5-6-8-15/h9,16H,5-8H2,1-4H3. The van der Waals surface area contributed by atoms with Gasteiger partial charge in [0.1, 0.15) is 0 Å². The van der Waals surface area contributed by atoms with Crippen molar-refractivity contribution >= 4 is 16.5 Å². The molecular formula is C13H22N2OS. The molecule has 1 aliphatic heterocycles. The fourth-order valence-electron chi connectivity index (χ4n) is 2.19. The molecule has 2 heterocycles. The van der Waals surface area contributed by atoms with Gasteiger partial charge in [0.25, 0.3) is 0 Å². The van der Waals surface area contributed by atoms with Crippen LogP contribution in [0.2, 0.25) is 0 Å². The van der Waals surface area contributed by atoms with Crippen LogP contribution in [-0.4, -0.2) is 23.2 Å². The van der Waals surface area contributed by atoms with Crippen molar-refractivity contribution in [1.82, 2.24) is 4.98 Å². The van der Waals surface area contributed by atoms with Crippen LogP contribution in [0.1, 0.15) is 57.0 Å². The average Bonchev–Trinajstić information content (AvgIpc) is 2.85. The molecule has 3 nitrogen and oxygen atoms in total. The normalized spacial score (nSPS) is 17.2. The lowest BCUT2D eigenvalue weighted by Crippen LogP contribution is -2.17. The predicted octanol–water partition coefficient (Wildman–Crippen LogP) is 3.09. The molecule has 0 bridgehead atoms. The molecule has 0 unspecified atom stereocenters. The maximum absolute atomic E-state index is 10.2. The Hall–Kier alpha value is -0.610. The SMILES string of the molecule is CC(C)c1nc(N2CCCC2)sc1C(C)(C)O. The summed E-state index contributed by atoms with van der Waals surface area (Å²) in [5, 5.41) is 11.3. The minimum Gasteiger partial charge on any atom is -0.385 e. The lowest BCUT2D eigenvalue weighted by molar-refractivity contribution is 0.0811. The molecule has 0 aliphatic carbocycles. The third-order valence-electron chi connectivity index (χ3n) is 3.12. The maximum atomic E-state index is 10.2. The number of rotatable bonds is 3. The smallest absolute Gasteiger partial charge is 0.185 e. The molecule has 1 saturated heterocycles. The molecule has 1 aromatic heterocycles. The van der Waals surface area contributed by atoms with Gasteiger partial charge < -0.3 is 10.0 Å². The Morgan fingerprint density at radius 2 is 1.88 bits per heavy atom. The van der Waals surface area contributed by atoms with E-state index in [2.05, 4.69) is 18.7 Å². The molecule has 17 heavy (non-hydrogen) atoms. The van der Waals surface area contributed by atoms with E-state index in [4.69, 9.17) is 4.98 Å². The summed E-state index contributed by atoms with van der Waals surface area (Å²) >= 11 is 1.66. The van der Waals surface area contributed by atoms with Crippen molar-refractivity contribution < 1.29 is 5.11 Å². The molecule has 1 fully saturated rings. The van der Waals surface area contributed by atoms with Crippen molar-refractivity contribution in [2.45, 2.75) is 52.1 Å². The highest BCUT2D eigenvalue weighted by Crippen LogP contribution is 2.38. The minimum absolute atomic E-state index is 0.365. The average molecular weight is 254 g/mol. The summed E-state index contributed by atoms with van der Waals surface area (Å²) in [6.45, 7) is 10.2. The van der Waals surface area contributed by atoms with Gasteiger partial charge in [0.05, 0.1) is 16.2 Å². The zero-order chi connectivity index (χ0) is 12.6. The topological polar surface area (TPSA) is 36.4 Å². The van der Waals surface area contributed by atoms with Crippen molar-refractivity contribution in [2.24, 2.45) is 0 Å². The largest absolute Gasteiger partial charge is 0.385 e. The first-order valence-electron chi connectivity index (χ1n) is 6.38. The van der Waals surface area contributed by atoms with E-state index in [0.29, 0.717) is 5.92 Å². The molecule has 0 atom stereocenters. The van der Waals surface area contributed by atoms with Crippen LogP contribution in [0, 0.1) is 0 Å². The zero-order valence-electron chi connectivity index (χ0n) is 11.2. The van der Waals surface area contributed by atoms with Crippen molar-refractivity contribution in [3.63, 3.8) is 0 Å². The van der Waals surface area contributed by atoms with Gasteiger partial charge in [0.2, 0.25) is 0 Å². The van der Waals surface area contributed by atoms with Crippen LogP contribution in [-0.2, 0) is 5.60 Å². The molecule has 0 radical (unpaired) electrons. The van der Waals surface area contributed by atoms with E-state index in [-0.39, 0.29) is 0 Å². The van der Waals surface area contributed by atoms with E-state index in [1.165, 1.54) is 12.8 Å². The molecule has 1 aliphatic rings. The molecule has 1 aromatic rings. The van der Waals surface area contributed by atoms with Gasteiger partial charge in [-0.25, -0.2) is 4.98 Å². The van der Waals surface area contributed by atoms with Gasteiger partial charge in [-0.1, -0.05) is 25.2 Å². The highest BCUT2D eigenvalue weighted by Gasteiger charge is 2.28. The first-order valence-corrected chi connectivity index (χ1v) is 7.20. The van der Waals surface area contributed by atoms with Gasteiger partial charge in [-0.3, -0.25) is 0 Å². The van der Waals surface area contributed by atoms with Gasteiger partial charge in [-0.05, 0) is 32.6 Å². The van der Waals surface area contributed by atoms with Crippen LogP contribution in [0.3, 0.4) is 0 Å². The van der Waals surface area contributed by atoms with E-state index in [1.807, 2.05) is 13.8 Å². The number of hydrogen-bond donors (Lipinski definition) is 1. The summed E-state index contributed by atoms with van der Waals surface area (Å²) in [5.41, 5.74) is 0.277. The second kappa shape index (κ2) is 4.58. The number of hydrogen-bond acceptors (Lipinski definition) is 4. The highest BCUT2D eigenvalue weighted by molar-refractivity contribution is 7.15. The fraction of sp³-hybridized carbons (Fsp3) is 0.769. The van der Waals surface area contributed by atoms with Gasteiger partial charge in [0, 0.05) is 13.1 Å². The van der Waals surface area contributed by atoms with Crippen molar-refractivity contribution in [3.05, 3.63) is 10.6 Å². The number of aromatic nitrogens is 1. The second-order valence-electron chi connectivity index (χ2n) is 5.62. The van der Waals surface area contributed by atoms with Crippen LogP contribution in [0.4, 0.5) is 5.13 Å². The molecule has 0 saturated carbocycles. The minimum atomic E-state index is -0.782. The summed E-state index contributed by atoms with van der Waals surface area (Å²) in [6, 6.07) is 0. The van der Waals surface area contributed by atoms with E-state index in [9.17, 15) is 5.11 Å². The van der Waals surface area contributed by atoms with Gasteiger partial charge >= 0.3 is 0 Å². The van der Waals surface area contributed by atoms with Crippen LogP contribution in [0.25, 0.3) is 0 Å². The summed E-state index contributed by atoms with van der Waals surface area (Å²) in [7, 11) is 0. The molecule has 0 aromatic carbocycles. The quantitative estimate of drug-likeness (QED) is 0.900. The van der Waals surface area contributed by atoms with Gasteiger partial charge in [-0.15, -0.1) is 0 Å². The number of aliphatic hydroxyl groups is 1. The number of anilines is 1. The fourth-order valence-corrected chi connectivity index (χ4v) is 3.47. The third-order valence-corrected chi connectivity index (χ3v) is 4.57. The molecule has 96 valence electrons. The summed E-state index contributed by atoms with van der Waals surface area (Å²) < 4.78 is 0. The van der Waals surface area contributed by atoms with E-state index >= 15 is 0 Å². The van der Waals surface area contributed by atoms with Crippen LogP contribution in [0.5, 0.6) is 0 Å². The lowest BCUT2D eigenvalue weighted by atomic mass is 10.0. The Morgan fingerprint density at radius 3 is 2.29 bits per heavy atom. The third kappa shape index (κ3) is 2.63. The number of thiazole rings is 1. The van der Waals surface area contributed by atoms with Crippen molar-refractivity contribution in [2.75, 3.05) is 18.0 Å². The predicted molar refractivity (Wildman–Crippen MR) is 72.9 cm³/mol. The molecule has 0 spiro atoms. The van der Waals surface area contributed by atoms with Gasteiger partial charge in [0.15, 0.2) is 5.13 Å². The lowest BCUT2D eigenvalue weighted by Gasteiger charge is -2.17. The van der Waals surface area contributed by atoms with Crippen LogP contribution >= 0.6 is 11.3 Å². The zero-order valence-corrected chi connectivity index (χ0v) is 12.0. The van der Waals surface area contributed by atoms with E-state index in [1.54, 1.807) is 11.3 Å². The van der Waals surface area contributed by atoms with E-state index < -0.39 is 5.60 Å². The Labute approximate surface area is 107 Å². The summed E-state index contributed by atoms with van der Waals surface area (Å²) in [5.74, 6) is 0.365. The Bertz CT molecular complexity index is 387. The molecule has 0 amide bonds. The first kappa shape index (κ1) is 12.8. The summed E-state index contributed by atoms with van der Waals surface area (Å²) in [4.78, 5) is 8.10. The van der Waals surface area contributed by atoms with Crippen molar-refractivity contribution in [1.29, 1.82) is 0 Å². The number of nitrogens with zero attached hydrogens (tertiary/aromatic N) is 2. The van der Waals surface area contributed by atoms with Gasteiger partial charge in [-0.2, -0.15) is 0 Å². The Kier molecular flexibility index (Phi) is 3.46. The molecular weight excluding hydrogens is 232 g/mol. The summed E-state index contributed by atoms with van der Waals surface area (Å²) in [6.07, 6.45) is 2.52. The Balaban J connectivity index is 2.37. The van der Waals surface area contributed by atoms with Crippen LogP contribution in [0.15, 0.2) is 0 Å². The molecule has 2 rings (SSSR count).